The van der Waals surface area contributed by atoms with Crippen LogP contribution in [0.15, 0.2) is 18.2 Å². The summed E-state index contributed by atoms with van der Waals surface area (Å²) in [6, 6.07) is 5.09. The number of esters is 1. The fourth-order valence-corrected chi connectivity index (χ4v) is 1.75. The van der Waals surface area contributed by atoms with Gasteiger partial charge in [0.05, 0.1) is 12.2 Å². The topological polar surface area (TPSA) is 81.4 Å². The highest BCUT2D eigenvalue weighted by molar-refractivity contribution is 7.84. The summed E-state index contributed by atoms with van der Waals surface area (Å²) in [6.45, 7) is 4.51. The Labute approximate surface area is 116 Å². The highest BCUT2D eigenvalue weighted by atomic mass is 32.2. The molecule has 0 aliphatic carbocycles. The molecular formula is C13H20N2O3S. The van der Waals surface area contributed by atoms with E-state index >= 15 is 0 Å². The van der Waals surface area contributed by atoms with Crippen LogP contribution in [0.2, 0.25) is 0 Å². The maximum atomic E-state index is 11.7. The molecule has 0 saturated heterocycles. The van der Waals surface area contributed by atoms with Crippen molar-refractivity contribution in [2.45, 2.75) is 19.1 Å². The van der Waals surface area contributed by atoms with Gasteiger partial charge in [-0.05, 0) is 32.0 Å². The minimum absolute atomic E-state index is 0.0311. The monoisotopic (exact) mass is 284 g/mol. The number of nitrogens with two attached hydrogens (primary N) is 1. The molecule has 0 fully saturated rings. The second kappa shape index (κ2) is 7.13. The van der Waals surface area contributed by atoms with E-state index in [0.29, 0.717) is 24.4 Å². The number of benzene rings is 1. The van der Waals surface area contributed by atoms with Gasteiger partial charge >= 0.3 is 5.97 Å². The Kier molecular flexibility index (Phi) is 5.82. The molecule has 0 aliphatic heterocycles. The molecule has 2 unspecified atom stereocenters. The molecule has 0 amide bonds. The SMILES string of the molecule is CCOC(=O)c1cc(NCC(C)S(C)=O)ccc1N. The predicted molar refractivity (Wildman–Crippen MR) is 78.8 cm³/mol. The zero-order valence-electron chi connectivity index (χ0n) is 11.4. The Morgan fingerprint density at radius 2 is 2.21 bits per heavy atom. The number of anilines is 2. The third kappa shape index (κ3) is 4.55. The van der Waals surface area contributed by atoms with Gasteiger partial charge in [-0.1, -0.05) is 0 Å². The zero-order chi connectivity index (χ0) is 14.4. The Balaban J connectivity index is 2.78. The van der Waals surface area contributed by atoms with E-state index in [1.165, 1.54) is 0 Å². The van der Waals surface area contributed by atoms with Gasteiger partial charge in [0.15, 0.2) is 0 Å². The lowest BCUT2D eigenvalue weighted by Gasteiger charge is -2.13. The van der Waals surface area contributed by atoms with E-state index in [-0.39, 0.29) is 5.25 Å². The first kappa shape index (κ1) is 15.5. The number of rotatable bonds is 6. The summed E-state index contributed by atoms with van der Waals surface area (Å²) in [6.07, 6.45) is 1.67. The lowest BCUT2D eigenvalue weighted by molar-refractivity contribution is 0.0527. The van der Waals surface area contributed by atoms with Gasteiger partial charge in [-0.15, -0.1) is 0 Å². The van der Waals surface area contributed by atoms with E-state index in [1.807, 2.05) is 6.92 Å². The molecule has 3 N–H and O–H groups in total. The van der Waals surface area contributed by atoms with E-state index in [4.69, 9.17) is 10.5 Å². The van der Waals surface area contributed by atoms with E-state index < -0.39 is 16.8 Å². The van der Waals surface area contributed by atoms with Gasteiger partial charge < -0.3 is 15.8 Å². The molecule has 19 heavy (non-hydrogen) atoms. The summed E-state index contributed by atoms with van der Waals surface area (Å²) in [5.74, 6) is -0.434. The standard InChI is InChI=1S/C13H20N2O3S/c1-4-18-13(16)11-7-10(5-6-12(11)14)15-8-9(2)19(3)17/h5-7,9,15H,4,8,14H2,1-3H3. The van der Waals surface area contributed by atoms with Gasteiger partial charge in [0.25, 0.3) is 0 Å². The Hall–Kier alpha value is -1.56. The first-order chi connectivity index (χ1) is 8.95. The maximum absolute atomic E-state index is 11.7. The summed E-state index contributed by atoms with van der Waals surface area (Å²) in [7, 11) is -0.884. The Morgan fingerprint density at radius 3 is 2.79 bits per heavy atom. The van der Waals surface area contributed by atoms with Gasteiger partial charge in [-0.3, -0.25) is 4.21 Å². The minimum atomic E-state index is -0.884. The third-order valence-electron chi connectivity index (χ3n) is 2.71. The van der Waals surface area contributed by atoms with Gasteiger partial charge in [0.1, 0.15) is 0 Å². The normalized spacial score (nSPS) is 13.6. The van der Waals surface area contributed by atoms with Crippen molar-refractivity contribution in [3.8, 4) is 0 Å². The fraction of sp³-hybridized carbons (Fsp3) is 0.462. The van der Waals surface area contributed by atoms with Crippen molar-refractivity contribution in [3.05, 3.63) is 23.8 Å². The van der Waals surface area contributed by atoms with Crippen LogP contribution in [0.25, 0.3) is 0 Å². The van der Waals surface area contributed by atoms with Crippen molar-refractivity contribution in [2.75, 3.05) is 30.5 Å². The van der Waals surface area contributed by atoms with Crippen molar-refractivity contribution < 1.29 is 13.7 Å². The second-order valence-corrected chi connectivity index (χ2v) is 6.01. The molecule has 6 heteroatoms. The quantitative estimate of drug-likeness (QED) is 0.613. The molecule has 0 bridgehead atoms. The molecule has 0 radical (unpaired) electrons. The highest BCUT2D eigenvalue weighted by Gasteiger charge is 2.12. The third-order valence-corrected chi connectivity index (χ3v) is 4.01. The van der Waals surface area contributed by atoms with Gasteiger partial charge in [-0.25, -0.2) is 4.79 Å². The summed E-state index contributed by atoms with van der Waals surface area (Å²) in [5.41, 5.74) is 7.24. The number of carbonyl (C=O) groups is 1. The minimum Gasteiger partial charge on any atom is -0.462 e. The summed E-state index contributed by atoms with van der Waals surface area (Å²) >= 11 is 0. The van der Waals surface area contributed by atoms with E-state index in [1.54, 1.807) is 31.4 Å². The van der Waals surface area contributed by atoms with Crippen molar-refractivity contribution in [3.63, 3.8) is 0 Å². The lowest BCUT2D eigenvalue weighted by Crippen LogP contribution is -2.20. The molecule has 1 aromatic rings. The molecular weight excluding hydrogens is 264 g/mol. The van der Waals surface area contributed by atoms with Crippen molar-refractivity contribution >= 4 is 28.1 Å². The van der Waals surface area contributed by atoms with Crippen LogP contribution in [0.3, 0.4) is 0 Å². The smallest absolute Gasteiger partial charge is 0.340 e. The summed E-state index contributed by atoms with van der Waals surface area (Å²) in [4.78, 5) is 11.7. The number of hydrogen-bond acceptors (Lipinski definition) is 5. The number of carbonyl (C=O) groups excluding carboxylic acids is 1. The largest absolute Gasteiger partial charge is 0.462 e. The number of nitrogen functional groups attached to an aromatic ring is 1. The molecule has 106 valence electrons. The Bertz CT molecular complexity index is 477. The predicted octanol–water partition coefficient (Wildman–Crippen LogP) is 1.62. The molecule has 2 atom stereocenters. The molecule has 5 nitrogen and oxygen atoms in total. The van der Waals surface area contributed by atoms with E-state index in [0.717, 1.165) is 5.69 Å². The first-order valence-corrected chi connectivity index (χ1v) is 7.70. The van der Waals surface area contributed by atoms with Crippen LogP contribution in [0.5, 0.6) is 0 Å². The van der Waals surface area contributed by atoms with E-state index in [9.17, 15) is 9.00 Å². The van der Waals surface area contributed by atoms with Gasteiger partial charge in [0.2, 0.25) is 0 Å². The number of ether oxygens (including phenoxy) is 1. The molecule has 0 heterocycles. The first-order valence-electron chi connectivity index (χ1n) is 6.08. The molecule has 0 aromatic heterocycles. The van der Waals surface area contributed by atoms with Gasteiger partial charge in [-0.2, -0.15) is 0 Å². The van der Waals surface area contributed by atoms with Crippen molar-refractivity contribution in [2.24, 2.45) is 0 Å². The van der Waals surface area contributed by atoms with Crippen LogP contribution < -0.4 is 11.1 Å². The van der Waals surface area contributed by atoms with E-state index in [2.05, 4.69) is 5.32 Å². The molecule has 1 rings (SSSR count). The van der Waals surface area contributed by atoms with Crippen LogP contribution in [0, 0.1) is 0 Å². The average molecular weight is 284 g/mol. The van der Waals surface area contributed by atoms with Crippen LogP contribution in [-0.4, -0.2) is 34.8 Å². The van der Waals surface area contributed by atoms with Crippen molar-refractivity contribution in [1.82, 2.24) is 0 Å². The Morgan fingerprint density at radius 1 is 1.53 bits per heavy atom. The average Bonchev–Trinajstić information content (AvgIpc) is 2.37. The number of nitrogens with one attached hydrogen (secondary N) is 1. The molecule has 0 saturated carbocycles. The maximum Gasteiger partial charge on any atom is 0.340 e. The van der Waals surface area contributed by atoms with Crippen molar-refractivity contribution in [1.29, 1.82) is 0 Å². The molecule has 0 spiro atoms. The second-order valence-electron chi connectivity index (χ2n) is 4.21. The molecule has 0 aliphatic rings. The summed E-state index contributed by atoms with van der Waals surface area (Å²) in [5, 5.41) is 3.17. The van der Waals surface area contributed by atoms with Crippen LogP contribution in [-0.2, 0) is 15.5 Å². The number of hydrogen-bond donors (Lipinski definition) is 2. The van der Waals surface area contributed by atoms with Crippen LogP contribution in [0.4, 0.5) is 11.4 Å². The zero-order valence-corrected chi connectivity index (χ0v) is 12.3. The summed E-state index contributed by atoms with van der Waals surface area (Å²) < 4.78 is 16.2. The van der Waals surface area contributed by atoms with Gasteiger partial charge in [0, 0.05) is 40.2 Å². The molecule has 1 aromatic carbocycles. The van der Waals surface area contributed by atoms with Crippen LogP contribution >= 0.6 is 0 Å². The highest BCUT2D eigenvalue weighted by Crippen LogP contribution is 2.19. The fourth-order valence-electron chi connectivity index (χ4n) is 1.43. The van der Waals surface area contributed by atoms with Crippen LogP contribution in [0.1, 0.15) is 24.2 Å². The lowest BCUT2D eigenvalue weighted by atomic mass is 10.1.